The van der Waals surface area contributed by atoms with Gasteiger partial charge >= 0.3 is 0 Å². The van der Waals surface area contributed by atoms with E-state index in [4.69, 9.17) is 17.3 Å². The minimum atomic E-state index is 0.157. The molecule has 2 unspecified atom stereocenters. The van der Waals surface area contributed by atoms with E-state index < -0.39 is 0 Å². The number of halogens is 1. The Balaban J connectivity index is 2.24. The first kappa shape index (κ1) is 14.8. The van der Waals surface area contributed by atoms with Gasteiger partial charge in [0.25, 0.3) is 0 Å². The lowest BCUT2D eigenvalue weighted by molar-refractivity contribution is 0.150. The molecule has 2 atom stereocenters. The van der Waals surface area contributed by atoms with Gasteiger partial charge in [-0.2, -0.15) is 0 Å². The lowest BCUT2D eigenvalue weighted by Gasteiger charge is -2.37. The van der Waals surface area contributed by atoms with Crippen molar-refractivity contribution in [2.75, 3.05) is 7.05 Å². The van der Waals surface area contributed by atoms with Crippen LogP contribution in [0.4, 0.5) is 0 Å². The summed E-state index contributed by atoms with van der Waals surface area (Å²) in [6.45, 7) is 2.16. The minimum Gasteiger partial charge on any atom is -0.326 e. The van der Waals surface area contributed by atoms with Crippen molar-refractivity contribution in [2.24, 2.45) is 5.73 Å². The van der Waals surface area contributed by atoms with Gasteiger partial charge in [0, 0.05) is 23.1 Å². The van der Waals surface area contributed by atoms with E-state index in [2.05, 4.69) is 31.0 Å². The summed E-state index contributed by atoms with van der Waals surface area (Å²) in [4.78, 5) is 2.48. The summed E-state index contributed by atoms with van der Waals surface area (Å²) >= 11 is 6.14. The Kier molecular flexibility index (Phi) is 5.26. The van der Waals surface area contributed by atoms with Crippen LogP contribution < -0.4 is 5.73 Å². The highest BCUT2D eigenvalue weighted by atomic mass is 35.5. The van der Waals surface area contributed by atoms with Gasteiger partial charge in [-0.15, -0.1) is 0 Å². The molecule has 0 aliphatic heterocycles. The summed E-state index contributed by atoms with van der Waals surface area (Å²) in [5.41, 5.74) is 7.63. The molecule has 3 heteroatoms. The molecule has 106 valence electrons. The fourth-order valence-corrected chi connectivity index (χ4v) is 3.44. The number of benzene rings is 1. The molecule has 1 aliphatic rings. The largest absolute Gasteiger partial charge is 0.326 e. The molecule has 0 aromatic heterocycles. The van der Waals surface area contributed by atoms with Gasteiger partial charge in [0.2, 0.25) is 0 Å². The first-order chi connectivity index (χ1) is 9.13. The third-order valence-corrected chi connectivity index (χ3v) is 4.64. The van der Waals surface area contributed by atoms with Crippen molar-refractivity contribution in [2.45, 2.75) is 57.2 Å². The van der Waals surface area contributed by atoms with Crippen molar-refractivity contribution >= 4 is 11.6 Å². The Hall–Kier alpha value is -0.570. The molecule has 1 aromatic carbocycles. The molecule has 0 heterocycles. The first-order valence-corrected chi connectivity index (χ1v) is 7.74. The molecule has 0 bridgehead atoms. The number of nitrogens with zero attached hydrogens (tertiary/aromatic N) is 1. The molecule has 2 N–H and O–H groups in total. The van der Waals surface area contributed by atoms with Gasteiger partial charge in [0.1, 0.15) is 0 Å². The zero-order valence-corrected chi connectivity index (χ0v) is 12.7. The molecular formula is C16H25ClN2. The summed E-state index contributed by atoms with van der Waals surface area (Å²) < 4.78 is 0. The van der Waals surface area contributed by atoms with E-state index in [0.717, 1.165) is 11.4 Å². The highest BCUT2D eigenvalue weighted by molar-refractivity contribution is 6.30. The molecule has 1 aromatic rings. The average Bonchev–Trinajstić information content (AvgIpc) is 2.92. The molecule has 1 aliphatic carbocycles. The Labute approximate surface area is 121 Å². The van der Waals surface area contributed by atoms with E-state index in [1.54, 1.807) is 0 Å². The molecule has 0 spiro atoms. The van der Waals surface area contributed by atoms with Crippen molar-refractivity contribution in [3.05, 3.63) is 34.9 Å². The van der Waals surface area contributed by atoms with Crippen molar-refractivity contribution in [1.82, 2.24) is 4.90 Å². The predicted octanol–water partition coefficient (Wildman–Crippen LogP) is 3.99. The SMILES string of the molecule is CCC(N)C(c1cccc(Cl)c1)N(C)C1CCCC1. The molecule has 0 saturated heterocycles. The Morgan fingerprint density at radius 2 is 2.05 bits per heavy atom. The summed E-state index contributed by atoms with van der Waals surface area (Å²) in [7, 11) is 2.22. The fraction of sp³-hybridized carbons (Fsp3) is 0.625. The van der Waals surface area contributed by atoms with E-state index in [1.807, 2.05) is 12.1 Å². The first-order valence-electron chi connectivity index (χ1n) is 7.36. The summed E-state index contributed by atoms with van der Waals surface area (Å²) in [5.74, 6) is 0. The second kappa shape index (κ2) is 6.74. The number of hydrogen-bond acceptors (Lipinski definition) is 2. The van der Waals surface area contributed by atoms with Crippen LogP contribution >= 0.6 is 11.6 Å². The molecule has 0 radical (unpaired) electrons. The number of likely N-dealkylation sites (N-methyl/N-ethyl adjacent to an activating group) is 1. The van der Waals surface area contributed by atoms with Crippen molar-refractivity contribution in [1.29, 1.82) is 0 Å². The number of hydrogen-bond donors (Lipinski definition) is 1. The molecular weight excluding hydrogens is 256 g/mol. The molecule has 2 rings (SSSR count). The third kappa shape index (κ3) is 3.50. The second-order valence-corrected chi connectivity index (χ2v) is 6.11. The third-order valence-electron chi connectivity index (χ3n) is 4.41. The Morgan fingerprint density at radius 3 is 2.63 bits per heavy atom. The number of nitrogens with two attached hydrogens (primary N) is 1. The van der Waals surface area contributed by atoms with Gasteiger partial charge in [-0.3, -0.25) is 4.90 Å². The predicted molar refractivity (Wildman–Crippen MR) is 82.5 cm³/mol. The van der Waals surface area contributed by atoms with Crippen molar-refractivity contribution in [3.8, 4) is 0 Å². The quantitative estimate of drug-likeness (QED) is 0.883. The number of rotatable bonds is 5. The van der Waals surface area contributed by atoms with Crippen molar-refractivity contribution < 1.29 is 0 Å². The monoisotopic (exact) mass is 280 g/mol. The highest BCUT2D eigenvalue weighted by Gasteiger charge is 2.30. The van der Waals surface area contributed by atoms with Crippen LogP contribution in [0.2, 0.25) is 5.02 Å². The molecule has 1 saturated carbocycles. The van der Waals surface area contributed by atoms with Crippen LogP contribution in [0.5, 0.6) is 0 Å². The van der Waals surface area contributed by atoms with Gasteiger partial charge in [-0.05, 0) is 44.0 Å². The van der Waals surface area contributed by atoms with Gasteiger partial charge in [0.05, 0.1) is 0 Å². The summed E-state index contributed by atoms with van der Waals surface area (Å²) in [6, 6.07) is 9.26. The maximum absolute atomic E-state index is 6.38. The second-order valence-electron chi connectivity index (χ2n) is 5.68. The van der Waals surface area contributed by atoms with E-state index in [1.165, 1.54) is 31.2 Å². The van der Waals surface area contributed by atoms with Crippen LogP contribution in [0.25, 0.3) is 0 Å². The lowest BCUT2D eigenvalue weighted by Crippen LogP contribution is -2.43. The highest BCUT2D eigenvalue weighted by Crippen LogP contribution is 2.32. The lowest BCUT2D eigenvalue weighted by atomic mass is 9.95. The van der Waals surface area contributed by atoms with Gasteiger partial charge in [0.15, 0.2) is 0 Å². The topological polar surface area (TPSA) is 29.3 Å². The molecule has 2 nitrogen and oxygen atoms in total. The summed E-state index contributed by atoms with van der Waals surface area (Å²) in [6.07, 6.45) is 6.26. The normalized spacial score (nSPS) is 19.8. The van der Waals surface area contributed by atoms with Gasteiger partial charge in [-0.25, -0.2) is 0 Å². The van der Waals surface area contributed by atoms with Crippen molar-refractivity contribution in [3.63, 3.8) is 0 Å². The Bertz CT molecular complexity index is 401. The van der Waals surface area contributed by atoms with E-state index in [0.29, 0.717) is 6.04 Å². The maximum Gasteiger partial charge on any atom is 0.0499 e. The van der Waals surface area contributed by atoms with Gasteiger partial charge in [-0.1, -0.05) is 43.5 Å². The molecule has 0 amide bonds. The maximum atomic E-state index is 6.38. The zero-order valence-electron chi connectivity index (χ0n) is 12.0. The van der Waals surface area contributed by atoms with E-state index in [-0.39, 0.29) is 12.1 Å². The van der Waals surface area contributed by atoms with Crippen LogP contribution in [0.1, 0.15) is 50.6 Å². The standard InChI is InChI=1S/C16H25ClN2/c1-3-15(18)16(12-7-6-8-13(17)11-12)19(2)14-9-4-5-10-14/h6-8,11,14-16H,3-5,9-10,18H2,1-2H3. The molecule has 1 fully saturated rings. The fourth-order valence-electron chi connectivity index (χ4n) is 3.24. The minimum absolute atomic E-state index is 0.157. The van der Waals surface area contributed by atoms with Crippen LogP contribution in [-0.4, -0.2) is 24.0 Å². The molecule has 19 heavy (non-hydrogen) atoms. The smallest absolute Gasteiger partial charge is 0.0499 e. The van der Waals surface area contributed by atoms with Gasteiger partial charge < -0.3 is 5.73 Å². The van der Waals surface area contributed by atoms with Crippen LogP contribution in [0.15, 0.2) is 24.3 Å². The van der Waals surface area contributed by atoms with E-state index in [9.17, 15) is 0 Å². The van der Waals surface area contributed by atoms with Crippen LogP contribution in [-0.2, 0) is 0 Å². The summed E-state index contributed by atoms with van der Waals surface area (Å²) in [5, 5.41) is 0.797. The van der Waals surface area contributed by atoms with Crippen LogP contribution in [0, 0.1) is 0 Å². The zero-order chi connectivity index (χ0) is 13.8. The van der Waals surface area contributed by atoms with E-state index >= 15 is 0 Å². The van der Waals surface area contributed by atoms with Crippen LogP contribution in [0.3, 0.4) is 0 Å². The average molecular weight is 281 g/mol. The Morgan fingerprint density at radius 1 is 1.37 bits per heavy atom.